The van der Waals surface area contributed by atoms with Gasteiger partial charge in [-0.3, -0.25) is 0 Å². The van der Waals surface area contributed by atoms with Crippen LogP contribution in [0.3, 0.4) is 0 Å². The van der Waals surface area contributed by atoms with E-state index in [9.17, 15) is 0 Å². The summed E-state index contributed by atoms with van der Waals surface area (Å²) in [7, 11) is 1.58. The van der Waals surface area contributed by atoms with Crippen LogP contribution in [0.15, 0.2) is 36.4 Å². The number of nitrogens with two attached hydrogens (primary N) is 1. The first-order valence-electron chi connectivity index (χ1n) is 6.01. The molecule has 1 aromatic heterocycles. The van der Waals surface area contributed by atoms with Crippen molar-refractivity contribution < 1.29 is 4.74 Å². The van der Waals surface area contributed by atoms with Crippen LogP contribution in [0.25, 0.3) is 11.0 Å². The molecule has 20 heavy (non-hydrogen) atoms. The third-order valence-electron chi connectivity index (χ3n) is 2.92. The number of methoxy groups -OCH3 is 1. The number of nitrogens with zero attached hydrogens (tertiary/aromatic N) is 1. The second-order valence-electron chi connectivity index (χ2n) is 4.34. The Morgan fingerprint density at radius 2 is 2.10 bits per heavy atom. The van der Waals surface area contributed by atoms with Crippen LogP contribution < -0.4 is 15.8 Å². The van der Waals surface area contributed by atoms with Crippen molar-refractivity contribution >= 4 is 40.0 Å². The molecule has 6 heteroatoms. The van der Waals surface area contributed by atoms with Crippen molar-refractivity contribution in [1.82, 2.24) is 9.97 Å². The molecule has 3 rings (SSSR count). The van der Waals surface area contributed by atoms with Gasteiger partial charge in [0.25, 0.3) is 0 Å². The number of fused-ring (bicyclic) bond motifs is 1. The van der Waals surface area contributed by atoms with Crippen LogP contribution in [-0.2, 0) is 0 Å². The van der Waals surface area contributed by atoms with E-state index < -0.39 is 0 Å². The molecule has 0 spiro atoms. The topological polar surface area (TPSA) is 76.0 Å². The number of halogens is 1. The Bertz CT molecular complexity index is 769. The summed E-state index contributed by atoms with van der Waals surface area (Å²) in [5, 5.41) is 3.70. The SMILES string of the molecule is COc1ccc(Nc2nc3ccc(N)cc3[nH]2)cc1Cl. The van der Waals surface area contributed by atoms with Gasteiger partial charge >= 0.3 is 0 Å². The standard InChI is InChI=1S/C14H13ClN4O/c1-20-13-5-3-9(7-10(13)15)17-14-18-11-4-2-8(16)6-12(11)19-14/h2-7H,16H2,1H3,(H2,17,18,19). The Labute approximate surface area is 120 Å². The van der Waals surface area contributed by atoms with Crippen molar-refractivity contribution in [1.29, 1.82) is 0 Å². The molecular weight excluding hydrogens is 276 g/mol. The number of aromatic nitrogens is 2. The lowest BCUT2D eigenvalue weighted by atomic mass is 10.3. The summed E-state index contributed by atoms with van der Waals surface area (Å²) in [4.78, 5) is 7.58. The maximum atomic E-state index is 6.08. The smallest absolute Gasteiger partial charge is 0.205 e. The van der Waals surface area contributed by atoms with E-state index >= 15 is 0 Å². The number of hydrogen-bond acceptors (Lipinski definition) is 4. The first-order valence-corrected chi connectivity index (χ1v) is 6.39. The third-order valence-corrected chi connectivity index (χ3v) is 3.22. The normalized spacial score (nSPS) is 10.7. The van der Waals surface area contributed by atoms with Crippen LogP contribution in [0.1, 0.15) is 0 Å². The van der Waals surface area contributed by atoms with Crippen LogP contribution in [0.4, 0.5) is 17.3 Å². The van der Waals surface area contributed by atoms with Crippen molar-refractivity contribution in [3.8, 4) is 5.75 Å². The lowest BCUT2D eigenvalue weighted by Gasteiger charge is -2.06. The Hall–Kier alpha value is -2.40. The number of anilines is 3. The van der Waals surface area contributed by atoms with E-state index in [1.807, 2.05) is 24.3 Å². The first-order chi connectivity index (χ1) is 9.65. The zero-order valence-corrected chi connectivity index (χ0v) is 11.5. The largest absolute Gasteiger partial charge is 0.495 e. The molecule has 102 valence electrons. The van der Waals surface area contributed by atoms with Crippen LogP contribution in [0, 0.1) is 0 Å². The Kier molecular flexibility index (Phi) is 3.12. The Morgan fingerprint density at radius 1 is 1.25 bits per heavy atom. The minimum atomic E-state index is 0.540. The highest BCUT2D eigenvalue weighted by atomic mass is 35.5. The van der Waals surface area contributed by atoms with Gasteiger partial charge in [0.1, 0.15) is 5.75 Å². The molecule has 0 aliphatic carbocycles. The molecule has 0 fully saturated rings. The molecule has 3 aromatic rings. The number of benzene rings is 2. The summed E-state index contributed by atoms with van der Waals surface area (Å²) in [6, 6.07) is 11.0. The Balaban J connectivity index is 1.90. The number of imidazole rings is 1. The second-order valence-corrected chi connectivity index (χ2v) is 4.74. The van der Waals surface area contributed by atoms with Gasteiger partial charge in [-0.05, 0) is 36.4 Å². The lowest BCUT2D eigenvalue weighted by Crippen LogP contribution is -1.93. The summed E-state index contributed by atoms with van der Waals surface area (Å²) in [6.45, 7) is 0. The fourth-order valence-corrected chi connectivity index (χ4v) is 2.22. The van der Waals surface area contributed by atoms with Gasteiger partial charge in [0.05, 0.1) is 23.2 Å². The third kappa shape index (κ3) is 2.35. The van der Waals surface area contributed by atoms with Gasteiger partial charge in [0.15, 0.2) is 0 Å². The van der Waals surface area contributed by atoms with E-state index in [-0.39, 0.29) is 0 Å². The number of rotatable bonds is 3. The van der Waals surface area contributed by atoms with Crippen molar-refractivity contribution in [3.63, 3.8) is 0 Å². The van der Waals surface area contributed by atoms with Gasteiger partial charge in [0.2, 0.25) is 5.95 Å². The zero-order valence-electron chi connectivity index (χ0n) is 10.8. The van der Waals surface area contributed by atoms with Crippen LogP contribution >= 0.6 is 11.6 Å². The van der Waals surface area contributed by atoms with Gasteiger partial charge in [-0.15, -0.1) is 0 Å². The van der Waals surface area contributed by atoms with Crippen LogP contribution in [0.2, 0.25) is 5.02 Å². The van der Waals surface area contributed by atoms with Crippen LogP contribution in [-0.4, -0.2) is 17.1 Å². The molecule has 0 saturated heterocycles. The molecule has 5 nitrogen and oxygen atoms in total. The average molecular weight is 289 g/mol. The highest BCUT2D eigenvalue weighted by Gasteiger charge is 2.05. The van der Waals surface area contributed by atoms with E-state index in [1.54, 1.807) is 19.2 Å². The fraction of sp³-hybridized carbons (Fsp3) is 0.0714. The number of hydrogen-bond donors (Lipinski definition) is 3. The zero-order chi connectivity index (χ0) is 14.1. The predicted octanol–water partition coefficient (Wildman–Crippen LogP) is 3.55. The summed E-state index contributed by atoms with van der Waals surface area (Å²) >= 11 is 6.08. The summed E-state index contributed by atoms with van der Waals surface area (Å²) in [6.07, 6.45) is 0. The molecular formula is C14H13ClN4O. The number of nitrogens with one attached hydrogen (secondary N) is 2. The molecule has 0 bridgehead atoms. The highest BCUT2D eigenvalue weighted by molar-refractivity contribution is 6.32. The van der Waals surface area contributed by atoms with E-state index in [1.165, 1.54) is 0 Å². The molecule has 1 heterocycles. The molecule has 0 unspecified atom stereocenters. The number of ether oxygens (including phenoxy) is 1. The molecule has 0 atom stereocenters. The summed E-state index contributed by atoms with van der Waals surface area (Å²) < 4.78 is 5.11. The van der Waals surface area contributed by atoms with Gasteiger partial charge < -0.3 is 20.8 Å². The van der Waals surface area contributed by atoms with Crippen molar-refractivity contribution in [2.75, 3.05) is 18.2 Å². The maximum absolute atomic E-state index is 6.08. The van der Waals surface area contributed by atoms with Crippen molar-refractivity contribution in [2.45, 2.75) is 0 Å². The second kappa shape index (κ2) is 4.94. The lowest BCUT2D eigenvalue weighted by molar-refractivity contribution is 0.415. The van der Waals surface area contributed by atoms with Crippen molar-refractivity contribution in [3.05, 3.63) is 41.4 Å². The number of nitrogen functional groups attached to an aromatic ring is 1. The predicted molar refractivity (Wildman–Crippen MR) is 81.8 cm³/mol. The first kappa shape index (κ1) is 12.6. The number of aromatic amines is 1. The Morgan fingerprint density at radius 3 is 2.85 bits per heavy atom. The van der Waals surface area contributed by atoms with Gasteiger partial charge in [-0.2, -0.15) is 0 Å². The van der Waals surface area contributed by atoms with Gasteiger partial charge in [0, 0.05) is 11.4 Å². The molecule has 0 aliphatic heterocycles. The monoisotopic (exact) mass is 288 g/mol. The minimum Gasteiger partial charge on any atom is -0.495 e. The highest BCUT2D eigenvalue weighted by Crippen LogP contribution is 2.28. The summed E-state index contributed by atoms with van der Waals surface area (Å²) in [5.74, 6) is 1.27. The molecule has 2 aromatic carbocycles. The van der Waals surface area contributed by atoms with Crippen LogP contribution in [0.5, 0.6) is 5.75 Å². The fourth-order valence-electron chi connectivity index (χ4n) is 1.97. The van der Waals surface area contributed by atoms with E-state index in [0.717, 1.165) is 16.7 Å². The quantitative estimate of drug-likeness (QED) is 0.644. The minimum absolute atomic E-state index is 0.540. The molecule has 0 aliphatic rings. The maximum Gasteiger partial charge on any atom is 0.205 e. The molecule has 4 N–H and O–H groups in total. The average Bonchev–Trinajstić information content (AvgIpc) is 2.80. The van der Waals surface area contributed by atoms with Gasteiger partial charge in [-0.25, -0.2) is 4.98 Å². The summed E-state index contributed by atoms with van der Waals surface area (Å²) in [5.41, 5.74) is 8.98. The van der Waals surface area contributed by atoms with E-state index in [4.69, 9.17) is 22.1 Å². The molecule has 0 radical (unpaired) electrons. The number of H-pyrrole nitrogens is 1. The molecule has 0 amide bonds. The van der Waals surface area contributed by atoms with E-state index in [2.05, 4.69) is 15.3 Å². The van der Waals surface area contributed by atoms with Crippen molar-refractivity contribution in [2.24, 2.45) is 0 Å². The van der Waals surface area contributed by atoms with Gasteiger partial charge in [-0.1, -0.05) is 11.6 Å². The molecule has 0 saturated carbocycles. The van der Waals surface area contributed by atoms with E-state index in [0.29, 0.717) is 22.4 Å².